The second-order valence-electron chi connectivity index (χ2n) is 13.1. The van der Waals surface area contributed by atoms with Crippen LogP contribution < -0.4 is 0 Å². The highest BCUT2D eigenvalue weighted by molar-refractivity contribution is 5.86. The monoisotopic (exact) mass is 496 g/mol. The predicted octanol–water partition coefficient (Wildman–Crippen LogP) is 7.71. The molecule has 0 saturated heterocycles. The van der Waals surface area contributed by atoms with Crippen molar-refractivity contribution in [3.8, 4) is 0 Å². The maximum absolute atomic E-state index is 13.4. The van der Waals surface area contributed by atoms with Crippen molar-refractivity contribution >= 4 is 11.9 Å². The summed E-state index contributed by atoms with van der Waals surface area (Å²) in [4.78, 5) is 25.9. The quantitative estimate of drug-likeness (QED) is 0.362. The zero-order valence-corrected chi connectivity index (χ0v) is 22.8. The van der Waals surface area contributed by atoms with E-state index in [1.807, 2.05) is 0 Å². The van der Waals surface area contributed by atoms with Gasteiger partial charge in [0.25, 0.3) is 0 Å². The van der Waals surface area contributed by atoms with Crippen LogP contribution in [0.2, 0.25) is 0 Å². The van der Waals surface area contributed by atoms with Crippen LogP contribution in [0.1, 0.15) is 109 Å². The second-order valence-corrected chi connectivity index (χ2v) is 13.1. The SMILES string of the molecule is CC(C)CCC[C@@H](C)[C@H]1CC[C@H]2C3=C(CC[C@]12C)[C@@]1(C)CC[C@H](OC(=O)c2ccco2)C[C@@H]1C(=O)O3. The van der Waals surface area contributed by atoms with Crippen molar-refractivity contribution in [1.82, 2.24) is 0 Å². The number of allylic oxidation sites excluding steroid dienone is 2. The van der Waals surface area contributed by atoms with Gasteiger partial charge in [-0.15, -0.1) is 0 Å². The molecule has 0 spiro atoms. The Kier molecular flexibility index (Phi) is 6.89. The first-order chi connectivity index (χ1) is 17.1. The first-order valence-corrected chi connectivity index (χ1v) is 14.3. The molecule has 1 aliphatic heterocycles. The van der Waals surface area contributed by atoms with E-state index in [9.17, 15) is 9.59 Å². The van der Waals surface area contributed by atoms with Crippen molar-refractivity contribution in [1.29, 1.82) is 0 Å². The molecule has 7 atom stereocenters. The molecule has 5 heteroatoms. The number of furan rings is 1. The molecule has 2 fully saturated rings. The number of ether oxygens (including phenoxy) is 2. The van der Waals surface area contributed by atoms with E-state index in [-0.39, 0.29) is 34.6 Å². The van der Waals surface area contributed by atoms with Crippen LogP contribution in [0.15, 0.2) is 34.1 Å². The Morgan fingerprint density at radius 1 is 1.11 bits per heavy atom. The summed E-state index contributed by atoms with van der Waals surface area (Å²) >= 11 is 0. The average Bonchev–Trinajstić information content (AvgIpc) is 3.48. The highest BCUT2D eigenvalue weighted by Crippen LogP contribution is 2.65. The van der Waals surface area contributed by atoms with Gasteiger partial charge in [-0.1, -0.05) is 53.9 Å². The summed E-state index contributed by atoms with van der Waals surface area (Å²) in [6.45, 7) is 11.8. The number of hydrogen-bond acceptors (Lipinski definition) is 5. The molecule has 36 heavy (non-hydrogen) atoms. The number of esters is 2. The maximum atomic E-state index is 13.4. The number of fused-ring (bicyclic) bond motifs is 4. The Morgan fingerprint density at radius 3 is 2.64 bits per heavy atom. The highest BCUT2D eigenvalue weighted by atomic mass is 16.6. The van der Waals surface area contributed by atoms with E-state index in [4.69, 9.17) is 13.9 Å². The van der Waals surface area contributed by atoms with Gasteiger partial charge in [0.2, 0.25) is 5.76 Å². The molecule has 1 aromatic heterocycles. The van der Waals surface area contributed by atoms with Gasteiger partial charge in [-0.2, -0.15) is 0 Å². The number of hydrogen-bond donors (Lipinski definition) is 0. The predicted molar refractivity (Wildman–Crippen MR) is 138 cm³/mol. The van der Waals surface area contributed by atoms with Gasteiger partial charge in [-0.05, 0) is 85.8 Å². The first-order valence-electron chi connectivity index (χ1n) is 14.3. The number of carbonyl (C=O) groups is 2. The molecule has 5 rings (SSSR count). The van der Waals surface area contributed by atoms with E-state index in [0.29, 0.717) is 24.2 Å². The number of rotatable bonds is 7. The van der Waals surface area contributed by atoms with E-state index in [2.05, 4.69) is 34.6 Å². The summed E-state index contributed by atoms with van der Waals surface area (Å²) in [5.41, 5.74) is 1.41. The van der Waals surface area contributed by atoms with E-state index in [1.54, 1.807) is 12.1 Å². The normalized spacial score (nSPS) is 36.7. The Morgan fingerprint density at radius 2 is 1.92 bits per heavy atom. The molecule has 5 nitrogen and oxygen atoms in total. The van der Waals surface area contributed by atoms with E-state index < -0.39 is 5.97 Å². The third-order valence-corrected chi connectivity index (χ3v) is 10.5. The Bertz CT molecular complexity index is 1010. The molecule has 0 bridgehead atoms. The van der Waals surface area contributed by atoms with Gasteiger partial charge in [0.1, 0.15) is 11.9 Å². The maximum Gasteiger partial charge on any atom is 0.374 e. The Labute approximate surface area is 216 Å². The summed E-state index contributed by atoms with van der Waals surface area (Å²) in [7, 11) is 0. The van der Waals surface area contributed by atoms with Crippen LogP contribution in [0.4, 0.5) is 0 Å². The smallest absolute Gasteiger partial charge is 0.374 e. The van der Waals surface area contributed by atoms with Crippen molar-refractivity contribution < 1.29 is 23.5 Å². The topological polar surface area (TPSA) is 65.7 Å². The summed E-state index contributed by atoms with van der Waals surface area (Å²) in [5.74, 6) is 2.94. The van der Waals surface area contributed by atoms with Crippen molar-refractivity contribution in [3.63, 3.8) is 0 Å². The molecule has 2 heterocycles. The lowest BCUT2D eigenvalue weighted by Gasteiger charge is -2.53. The fraction of sp³-hybridized carbons (Fsp3) is 0.742. The molecule has 198 valence electrons. The summed E-state index contributed by atoms with van der Waals surface area (Å²) in [6, 6.07) is 3.29. The first kappa shape index (κ1) is 25.6. The molecule has 0 radical (unpaired) electrons. The van der Waals surface area contributed by atoms with Crippen LogP contribution in [-0.2, 0) is 14.3 Å². The van der Waals surface area contributed by atoms with Crippen LogP contribution >= 0.6 is 0 Å². The van der Waals surface area contributed by atoms with Gasteiger partial charge >= 0.3 is 11.9 Å². The molecular formula is C31H44O5. The van der Waals surface area contributed by atoms with Gasteiger partial charge in [0, 0.05) is 11.3 Å². The fourth-order valence-corrected chi connectivity index (χ4v) is 8.35. The van der Waals surface area contributed by atoms with Gasteiger partial charge in [-0.25, -0.2) is 4.79 Å². The lowest BCUT2D eigenvalue weighted by molar-refractivity contribution is -0.159. The molecule has 0 amide bonds. The molecule has 0 aromatic carbocycles. The van der Waals surface area contributed by atoms with E-state index in [1.165, 1.54) is 43.9 Å². The third-order valence-electron chi connectivity index (χ3n) is 10.5. The molecule has 0 N–H and O–H groups in total. The van der Waals surface area contributed by atoms with Gasteiger partial charge in [-0.3, -0.25) is 4.79 Å². The highest BCUT2D eigenvalue weighted by Gasteiger charge is 2.59. The fourth-order valence-electron chi connectivity index (χ4n) is 8.35. The molecule has 3 aliphatic carbocycles. The summed E-state index contributed by atoms with van der Waals surface area (Å²) in [6.07, 6.45) is 11.8. The Hall–Kier alpha value is -2.04. The zero-order chi connectivity index (χ0) is 25.7. The lowest BCUT2D eigenvalue weighted by atomic mass is 9.54. The summed E-state index contributed by atoms with van der Waals surface area (Å²) < 4.78 is 17.2. The van der Waals surface area contributed by atoms with Crippen LogP contribution in [-0.4, -0.2) is 18.0 Å². The van der Waals surface area contributed by atoms with Gasteiger partial charge < -0.3 is 13.9 Å². The molecular weight excluding hydrogens is 452 g/mol. The van der Waals surface area contributed by atoms with Crippen molar-refractivity contribution in [2.24, 2.45) is 40.4 Å². The van der Waals surface area contributed by atoms with Crippen LogP contribution in [0.3, 0.4) is 0 Å². The van der Waals surface area contributed by atoms with Gasteiger partial charge in [0.05, 0.1) is 12.2 Å². The van der Waals surface area contributed by atoms with Gasteiger partial charge in [0.15, 0.2) is 0 Å². The average molecular weight is 497 g/mol. The van der Waals surface area contributed by atoms with Crippen LogP contribution in [0.5, 0.6) is 0 Å². The Balaban J connectivity index is 1.31. The number of carbonyl (C=O) groups excluding carboxylic acids is 2. The zero-order valence-electron chi connectivity index (χ0n) is 22.8. The molecule has 1 aromatic rings. The molecule has 2 saturated carbocycles. The molecule has 4 aliphatic rings. The standard InChI is InChI=1S/C31H44O5/c1-19(2)8-6-9-20(3)22-11-12-23-27-24(14-16-30(22,23)4)31(5)15-13-21(18-25(31)28(32)36-27)35-29(33)26-10-7-17-34-26/h7,10,17,19-23,25H,6,8-9,11-16,18H2,1-5H3/t20-,21+,22-,23+,25-,30-,31-/m1/s1. The van der Waals surface area contributed by atoms with Crippen molar-refractivity contribution in [2.45, 2.75) is 105 Å². The minimum atomic E-state index is -0.453. The van der Waals surface area contributed by atoms with E-state index >= 15 is 0 Å². The molecule has 0 unspecified atom stereocenters. The van der Waals surface area contributed by atoms with Crippen molar-refractivity contribution in [2.75, 3.05) is 0 Å². The minimum Gasteiger partial charge on any atom is -0.457 e. The third kappa shape index (κ3) is 4.35. The second kappa shape index (κ2) is 9.68. The largest absolute Gasteiger partial charge is 0.457 e. The lowest BCUT2D eigenvalue weighted by Crippen LogP contribution is -2.50. The van der Waals surface area contributed by atoms with Crippen molar-refractivity contribution in [3.05, 3.63) is 35.5 Å². The van der Waals surface area contributed by atoms with Crippen LogP contribution in [0, 0.1) is 40.4 Å². The minimum absolute atomic E-state index is 0.118. The van der Waals surface area contributed by atoms with Crippen LogP contribution in [0.25, 0.3) is 0 Å². The summed E-state index contributed by atoms with van der Waals surface area (Å²) in [5, 5.41) is 0. The van der Waals surface area contributed by atoms with E-state index in [0.717, 1.165) is 37.4 Å².